The Labute approximate surface area is 128 Å². The Kier molecular flexibility index (Phi) is 5.92. The molecule has 0 aromatic carbocycles. The van der Waals surface area contributed by atoms with E-state index in [-0.39, 0.29) is 24.4 Å². The van der Waals surface area contributed by atoms with Crippen LogP contribution in [0.2, 0.25) is 0 Å². The number of allylic oxidation sites excluding steroid dienone is 3. The van der Waals surface area contributed by atoms with E-state index in [9.17, 15) is 22.8 Å². The van der Waals surface area contributed by atoms with Gasteiger partial charge in [0.1, 0.15) is 17.3 Å². The van der Waals surface area contributed by atoms with Gasteiger partial charge in [0, 0.05) is 18.3 Å². The van der Waals surface area contributed by atoms with E-state index in [0.717, 1.165) is 19.3 Å². The molecule has 1 rings (SSSR count). The lowest BCUT2D eigenvalue weighted by atomic mass is 10.0. The van der Waals surface area contributed by atoms with Crippen molar-refractivity contribution in [2.45, 2.75) is 6.36 Å². The van der Waals surface area contributed by atoms with E-state index in [4.69, 9.17) is 10.4 Å². The molecule has 1 aliphatic rings. The predicted octanol–water partition coefficient (Wildman–Crippen LogP) is 0.748. The molecule has 0 aliphatic carbocycles. The second-order valence-corrected chi connectivity index (χ2v) is 4.03. The number of aliphatic hydroxyl groups excluding tert-OH is 1. The molecule has 0 bridgehead atoms. The molecular weight excluding hydrogens is 321 g/mol. The minimum absolute atomic E-state index is 0.000399. The van der Waals surface area contributed by atoms with Crippen molar-refractivity contribution in [1.29, 1.82) is 5.26 Å². The maximum Gasteiger partial charge on any atom is 0.575 e. The Bertz CT molecular complexity index is 629. The Morgan fingerprint density at radius 3 is 2.57 bits per heavy atom. The molecule has 23 heavy (non-hydrogen) atoms. The molecule has 0 aromatic heterocycles. The van der Waals surface area contributed by atoms with Crippen molar-refractivity contribution in [2.24, 2.45) is 0 Å². The van der Waals surface area contributed by atoms with Crippen molar-refractivity contribution in [3.8, 4) is 6.07 Å². The van der Waals surface area contributed by atoms with Gasteiger partial charge in [0.25, 0.3) is 0 Å². The highest BCUT2D eigenvalue weighted by molar-refractivity contribution is 5.96. The number of ether oxygens (including phenoxy) is 2. The summed E-state index contributed by atoms with van der Waals surface area (Å²) in [6.45, 7) is -0.321. The Hall–Kier alpha value is -2.80. The van der Waals surface area contributed by atoms with Crippen molar-refractivity contribution in [1.82, 2.24) is 4.90 Å². The fraction of sp³-hybridized carbons (Fsp3) is 0.308. The van der Waals surface area contributed by atoms with E-state index in [2.05, 4.69) is 9.47 Å². The number of halogens is 3. The summed E-state index contributed by atoms with van der Waals surface area (Å²) in [7, 11) is 1.07. The van der Waals surface area contributed by atoms with Gasteiger partial charge in [-0.2, -0.15) is 5.26 Å². The summed E-state index contributed by atoms with van der Waals surface area (Å²) in [5, 5.41) is 17.8. The molecule has 124 valence electrons. The number of esters is 2. The van der Waals surface area contributed by atoms with Crippen LogP contribution in [-0.4, -0.2) is 48.6 Å². The van der Waals surface area contributed by atoms with E-state index >= 15 is 0 Å². The van der Waals surface area contributed by atoms with Crippen molar-refractivity contribution < 1.29 is 37.3 Å². The average molecular weight is 332 g/mol. The summed E-state index contributed by atoms with van der Waals surface area (Å²) in [6, 6.07) is 1.31. The molecule has 0 spiro atoms. The molecule has 0 saturated heterocycles. The number of alkyl halides is 3. The largest absolute Gasteiger partial charge is 0.575 e. The lowest BCUT2D eigenvalue weighted by Crippen LogP contribution is -2.28. The van der Waals surface area contributed by atoms with Gasteiger partial charge in [-0.15, -0.1) is 13.2 Å². The molecule has 1 aliphatic heterocycles. The van der Waals surface area contributed by atoms with E-state index in [1.807, 2.05) is 0 Å². The lowest BCUT2D eigenvalue weighted by Gasteiger charge is -2.24. The van der Waals surface area contributed by atoms with Crippen LogP contribution in [0, 0.1) is 11.3 Å². The Morgan fingerprint density at radius 1 is 1.43 bits per heavy atom. The molecule has 0 saturated carbocycles. The van der Waals surface area contributed by atoms with Gasteiger partial charge in [-0.05, 0) is 12.2 Å². The summed E-state index contributed by atoms with van der Waals surface area (Å²) in [4.78, 5) is 24.3. The number of aliphatic hydroxyl groups is 1. The van der Waals surface area contributed by atoms with Crippen LogP contribution in [0.25, 0.3) is 0 Å². The van der Waals surface area contributed by atoms with Crippen molar-refractivity contribution in [2.75, 3.05) is 20.3 Å². The van der Waals surface area contributed by atoms with Gasteiger partial charge in [0.2, 0.25) is 0 Å². The first kappa shape index (κ1) is 18.2. The minimum atomic E-state index is -5.24. The number of β-amino-alcohol motifs (C(OH)–C–C–N with tert-alkyl or cyclic N) is 1. The molecule has 1 heterocycles. The summed E-state index contributed by atoms with van der Waals surface area (Å²) in [6.07, 6.45) is -1.89. The number of nitriles is 1. The first-order chi connectivity index (χ1) is 10.7. The third kappa shape index (κ3) is 4.86. The maximum atomic E-state index is 12.1. The van der Waals surface area contributed by atoms with Crippen molar-refractivity contribution in [3.63, 3.8) is 0 Å². The first-order valence-corrected chi connectivity index (χ1v) is 6.03. The van der Waals surface area contributed by atoms with Gasteiger partial charge >= 0.3 is 18.3 Å². The summed E-state index contributed by atoms with van der Waals surface area (Å²) < 4.78 is 43.9. The number of hydrogen-bond donors (Lipinski definition) is 1. The Balaban J connectivity index is 3.26. The molecule has 1 N–H and O–H groups in total. The molecule has 0 atom stereocenters. The van der Waals surface area contributed by atoms with E-state index in [1.165, 1.54) is 17.2 Å². The van der Waals surface area contributed by atoms with Crippen LogP contribution < -0.4 is 0 Å². The third-order valence-electron chi connectivity index (χ3n) is 2.58. The molecule has 0 fully saturated rings. The molecule has 7 nitrogen and oxygen atoms in total. The van der Waals surface area contributed by atoms with Gasteiger partial charge < -0.3 is 19.5 Å². The molecular formula is C13H11F3N2O5. The third-order valence-corrected chi connectivity index (χ3v) is 2.58. The predicted molar refractivity (Wildman–Crippen MR) is 67.8 cm³/mol. The van der Waals surface area contributed by atoms with Crippen molar-refractivity contribution in [3.05, 3.63) is 35.2 Å². The first-order valence-electron chi connectivity index (χ1n) is 6.03. The highest BCUT2D eigenvalue weighted by Gasteiger charge is 2.36. The van der Waals surface area contributed by atoms with Gasteiger partial charge in [0.15, 0.2) is 0 Å². The zero-order chi connectivity index (χ0) is 17.6. The fourth-order valence-electron chi connectivity index (χ4n) is 1.65. The normalized spacial score (nSPS) is 16.3. The topological polar surface area (TPSA) is 99.9 Å². The molecule has 0 amide bonds. The fourth-order valence-corrected chi connectivity index (χ4v) is 1.65. The maximum absolute atomic E-state index is 12.1. The second-order valence-electron chi connectivity index (χ2n) is 4.03. The number of carbonyl (C=O) groups is 2. The lowest BCUT2D eigenvalue weighted by molar-refractivity contribution is -0.303. The van der Waals surface area contributed by atoms with E-state index in [1.54, 1.807) is 0 Å². The average Bonchev–Trinajstić information content (AvgIpc) is 2.47. The zero-order valence-electron chi connectivity index (χ0n) is 11.8. The highest BCUT2D eigenvalue weighted by atomic mass is 19.4. The smallest absolute Gasteiger partial charge is 0.464 e. The molecule has 0 radical (unpaired) electrons. The molecule has 0 aromatic rings. The summed E-state index contributed by atoms with van der Waals surface area (Å²) in [5.41, 5.74) is -1.34. The van der Waals surface area contributed by atoms with Crippen LogP contribution in [0.15, 0.2) is 35.2 Å². The number of rotatable bonds is 4. The standard InChI is InChI=1S/C13H11F3N2O5/c1-22-12(21)10-6-8(2-3-18(10)4-5-19)9(7-17)11(20)23-13(14,15)16/h2-3,6,19H,4-5H2,1H3/b9-8+. The monoisotopic (exact) mass is 332 g/mol. The second kappa shape index (κ2) is 7.46. The van der Waals surface area contributed by atoms with Crippen LogP contribution in [0.3, 0.4) is 0 Å². The SMILES string of the molecule is COC(=O)C1=C/C(=C(\C#N)C(=O)OC(F)(F)F)C=CN1CCO. The van der Waals surface area contributed by atoms with Crippen LogP contribution in [-0.2, 0) is 19.1 Å². The van der Waals surface area contributed by atoms with E-state index < -0.39 is 23.9 Å². The van der Waals surface area contributed by atoms with Crippen LogP contribution >= 0.6 is 0 Å². The van der Waals surface area contributed by atoms with Crippen molar-refractivity contribution >= 4 is 11.9 Å². The van der Waals surface area contributed by atoms with Crippen LogP contribution in [0.4, 0.5) is 13.2 Å². The summed E-state index contributed by atoms with van der Waals surface area (Å²) >= 11 is 0. The highest BCUT2D eigenvalue weighted by Crippen LogP contribution is 2.24. The van der Waals surface area contributed by atoms with Crippen LogP contribution in [0.5, 0.6) is 0 Å². The quantitative estimate of drug-likeness (QED) is 0.460. The Morgan fingerprint density at radius 2 is 2.09 bits per heavy atom. The number of hydrogen-bond acceptors (Lipinski definition) is 7. The molecule has 10 heteroatoms. The minimum Gasteiger partial charge on any atom is -0.464 e. The number of nitrogens with zero attached hydrogens (tertiary/aromatic N) is 2. The van der Waals surface area contributed by atoms with Gasteiger partial charge in [-0.25, -0.2) is 9.59 Å². The molecule has 0 unspecified atom stereocenters. The van der Waals surface area contributed by atoms with Crippen LogP contribution in [0.1, 0.15) is 0 Å². The number of methoxy groups -OCH3 is 1. The number of carbonyl (C=O) groups excluding carboxylic acids is 2. The summed E-state index contributed by atoms with van der Waals surface area (Å²) in [5.74, 6) is -2.75. The van der Waals surface area contributed by atoms with Gasteiger partial charge in [-0.1, -0.05) is 0 Å². The zero-order valence-corrected chi connectivity index (χ0v) is 11.8. The van der Waals surface area contributed by atoms with Gasteiger partial charge in [-0.3, -0.25) is 0 Å². The van der Waals surface area contributed by atoms with Gasteiger partial charge in [0.05, 0.1) is 13.7 Å². The van der Waals surface area contributed by atoms with E-state index in [0.29, 0.717) is 0 Å².